The van der Waals surface area contributed by atoms with Crippen LogP contribution in [0.4, 0.5) is 5.82 Å². The van der Waals surface area contributed by atoms with Crippen LogP contribution in [0.25, 0.3) is 0 Å². The van der Waals surface area contributed by atoms with E-state index in [0.717, 1.165) is 25.0 Å². The number of amides is 1. The SMILES string of the molecule is CCc1cc(NC(=O)CCCc2ccccc2)n[nH]1. The summed E-state index contributed by atoms with van der Waals surface area (Å²) in [5.41, 5.74) is 2.29. The smallest absolute Gasteiger partial charge is 0.225 e. The Kier molecular flexibility index (Phi) is 4.72. The van der Waals surface area contributed by atoms with Crippen molar-refractivity contribution >= 4 is 11.7 Å². The fourth-order valence-electron chi connectivity index (χ4n) is 1.91. The molecule has 0 aliphatic carbocycles. The Morgan fingerprint density at radius 1 is 1.32 bits per heavy atom. The van der Waals surface area contributed by atoms with Crippen LogP contribution in [-0.2, 0) is 17.6 Å². The zero-order valence-electron chi connectivity index (χ0n) is 11.1. The highest BCUT2D eigenvalue weighted by Crippen LogP contribution is 2.08. The Morgan fingerprint density at radius 2 is 2.11 bits per heavy atom. The molecule has 0 saturated carbocycles. The minimum Gasteiger partial charge on any atom is -0.309 e. The van der Waals surface area contributed by atoms with E-state index in [9.17, 15) is 4.79 Å². The van der Waals surface area contributed by atoms with Crippen LogP contribution in [0.1, 0.15) is 31.0 Å². The first-order valence-corrected chi connectivity index (χ1v) is 6.66. The Labute approximate surface area is 113 Å². The number of aromatic amines is 1. The minimum absolute atomic E-state index is 0.0186. The van der Waals surface area contributed by atoms with Gasteiger partial charge in [-0.3, -0.25) is 9.89 Å². The molecular weight excluding hydrogens is 238 g/mol. The predicted octanol–water partition coefficient (Wildman–Crippen LogP) is 2.93. The number of carbonyl (C=O) groups is 1. The van der Waals surface area contributed by atoms with Gasteiger partial charge in [0.15, 0.2) is 5.82 Å². The van der Waals surface area contributed by atoms with Crippen LogP contribution in [0, 0.1) is 0 Å². The highest BCUT2D eigenvalue weighted by molar-refractivity contribution is 5.89. The van der Waals surface area contributed by atoms with Gasteiger partial charge in [0.25, 0.3) is 0 Å². The second-order valence-electron chi connectivity index (χ2n) is 4.52. The van der Waals surface area contributed by atoms with Crippen molar-refractivity contribution in [3.05, 3.63) is 47.7 Å². The molecule has 0 aliphatic rings. The molecule has 1 aromatic heterocycles. The average molecular weight is 257 g/mol. The molecule has 0 fully saturated rings. The summed E-state index contributed by atoms with van der Waals surface area (Å²) < 4.78 is 0. The normalized spacial score (nSPS) is 10.4. The van der Waals surface area contributed by atoms with Crippen molar-refractivity contribution in [2.24, 2.45) is 0 Å². The second-order valence-corrected chi connectivity index (χ2v) is 4.52. The lowest BCUT2D eigenvalue weighted by molar-refractivity contribution is -0.116. The number of hydrogen-bond donors (Lipinski definition) is 2. The Bertz CT molecular complexity index is 519. The van der Waals surface area contributed by atoms with E-state index in [1.165, 1.54) is 5.56 Å². The molecule has 1 heterocycles. The number of aryl methyl sites for hydroxylation is 2. The quantitative estimate of drug-likeness (QED) is 0.836. The summed E-state index contributed by atoms with van der Waals surface area (Å²) >= 11 is 0. The van der Waals surface area contributed by atoms with Crippen LogP contribution >= 0.6 is 0 Å². The number of nitrogens with one attached hydrogen (secondary N) is 2. The van der Waals surface area contributed by atoms with Gasteiger partial charge in [-0.15, -0.1) is 0 Å². The van der Waals surface area contributed by atoms with E-state index < -0.39 is 0 Å². The van der Waals surface area contributed by atoms with Gasteiger partial charge in [-0.25, -0.2) is 0 Å². The fraction of sp³-hybridized carbons (Fsp3) is 0.333. The highest BCUT2D eigenvalue weighted by atomic mass is 16.1. The third-order valence-corrected chi connectivity index (χ3v) is 2.99. The Hall–Kier alpha value is -2.10. The van der Waals surface area contributed by atoms with Crippen LogP contribution in [0.5, 0.6) is 0 Å². The Balaban J connectivity index is 1.73. The van der Waals surface area contributed by atoms with E-state index >= 15 is 0 Å². The molecule has 0 atom stereocenters. The fourth-order valence-corrected chi connectivity index (χ4v) is 1.91. The summed E-state index contributed by atoms with van der Waals surface area (Å²) in [6.07, 6.45) is 3.18. The molecule has 2 N–H and O–H groups in total. The first kappa shape index (κ1) is 13.3. The van der Waals surface area contributed by atoms with Crippen molar-refractivity contribution in [3.8, 4) is 0 Å². The number of benzene rings is 1. The summed E-state index contributed by atoms with van der Waals surface area (Å²) in [7, 11) is 0. The molecule has 1 aromatic carbocycles. The molecule has 4 heteroatoms. The molecule has 0 radical (unpaired) electrons. The summed E-state index contributed by atoms with van der Waals surface area (Å²) in [4.78, 5) is 11.7. The van der Waals surface area contributed by atoms with Gasteiger partial charge in [-0.1, -0.05) is 37.3 Å². The van der Waals surface area contributed by atoms with Crippen molar-refractivity contribution in [3.63, 3.8) is 0 Å². The van der Waals surface area contributed by atoms with Crippen molar-refractivity contribution in [2.45, 2.75) is 32.6 Å². The second kappa shape index (κ2) is 6.73. The number of nitrogens with zero attached hydrogens (tertiary/aromatic N) is 1. The molecule has 4 nitrogen and oxygen atoms in total. The Morgan fingerprint density at radius 3 is 2.79 bits per heavy atom. The van der Waals surface area contributed by atoms with Gasteiger partial charge in [-0.05, 0) is 24.8 Å². The van der Waals surface area contributed by atoms with E-state index in [2.05, 4.69) is 27.6 Å². The summed E-state index contributed by atoms with van der Waals surface area (Å²) in [5, 5.41) is 9.72. The van der Waals surface area contributed by atoms with Gasteiger partial charge in [-0.2, -0.15) is 5.10 Å². The van der Waals surface area contributed by atoms with Crippen LogP contribution in [0.2, 0.25) is 0 Å². The van der Waals surface area contributed by atoms with Crippen molar-refractivity contribution in [2.75, 3.05) is 5.32 Å². The van der Waals surface area contributed by atoms with Gasteiger partial charge in [0.2, 0.25) is 5.91 Å². The van der Waals surface area contributed by atoms with E-state index in [4.69, 9.17) is 0 Å². The lowest BCUT2D eigenvalue weighted by Gasteiger charge is -2.02. The molecule has 100 valence electrons. The lowest BCUT2D eigenvalue weighted by atomic mass is 10.1. The van der Waals surface area contributed by atoms with Gasteiger partial charge in [0.05, 0.1) is 0 Å². The maximum atomic E-state index is 11.7. The number of anilines is 1. The van der Waals surface area contributed by atoms with Crippen molar-refractivity contribution < 1.29 is 4.79 Å². The highest BCUT2D eigenvalue weighted by Gasteiger charge is 2.05. The van der Waals surface area contributed by atoms with Gasteiger partial charge >= 0.3 is 0 Å². The summed E-state index contributed by atoms with van der Waals surface area (Å²) in [6, 6.07) is 12.1. The third kappa shape index (κ3) is 4.25. The van der Waals surface area contributed by atoms with Crippen LogP contribution in [-0.4, -0.2) is 16.1 Å². The van der Waals surface area contributed by atoms with Crippen LogP contribution in [0.3, 0.4) is 0 Å². The summed E-state index contributed by atoms with van der Waals surface area (Å²) in [6.45, 7) is 2.04. The molecule has 2 rings (SSSR count). The molecule has 1 amide bonds. The number of carbonyl (C=O) groups excluding carboxylic acids is 1. The molecule has 0 aliphatic heterocycles. The maximum Gasteiger partial charge on any atom is 0.225 e. The van der Waals surface area contributed by atoms with Gasteiger partial charge in [0.1, 0.15) is 0 Å². The first-order valence-electron chi connectivity index (χ1n) is 6.66. The van der Waals surface area contributed by atoms with Crippen LogP contribution < -0.4 is 5.32 Å². The molecule has 0 bridgehead atoms. The van der Waals surface area contributed by atoms with E-state index in [0.29, 0.717) is 12.2 Å². The maximum absolute atomic E-state index is 11.7. The van der Waals surface area contributed by atoms with Gasteiger partial charge < -0.3 is 5.32 Å². The topological polar surface area (TPSA) is 57.8 Å². The average Bonchev–Trinajstić information content (AvgIpc) is 2.87. The zero-order chi connectivity index (χ0) is 13.5. The zero-order valence-corrected chi connectivity index (χ0v) is 11.1. The molecule has 2 aromatic rings. The van der Waals surface area contributed by atoms with E-state index in [1.807, 2.05) is 31.2 Å². The molecular formula is C15H19N3O. The molecule has 0 saturated heterocycles. The molecule has 19 heavy (non-hydrogen) atoms. The number of aromatic nitrogens is 2. The molecule has 0 spiro atoms. The number of rotatable bonds is 6. The number of H-pyrrole nitrogens is 1. The third-order valence-electron chi connectivity index (χ3n) is 2.99. The van der Waals surface area contributed by atoms with E-state index in [1.54, 1.807) is 0 Å². The molecule has 0 unspecified atom stereocenters. The van der Waals surface area contributed by atoms with Crippen molar-refractivity contribution in [1.29, 1.82) is 0 Å². The standard InChI is InChI=1S/C15H19N3O/c1-2-13-11-14(18-17-13)16-15(19)10-6-9-12-7-4-3-5-8-12/h3-5,7-8,11H,2,6,9-10H2,1H3,(H2,16,17,18,19). The summed E-state index contributed by atoms with van der Waals surface area (Å²) in [5.74, 6) is 0.631. The lowest BCUT2D eigenvalue weighted by Crippen LogP contribution is -2.11. The van der Waals surface area contributed by atoms with E-state index in [-0.39, 0.29) is 5.91 Å². The van der Waals surface area contributed by atoms with Crippen molar-refractivity contribution in [1.82, 2.24) is 10.2 Å². The minimum atomic E-state index is 0.0186. The predicted molar refractivity (Wildman–Crippen MR) is 76.0 cm³/mol. The largest absolute Gasteiger partial charge is 0.309 e. The van der Waals surface area contributed by atoms with Gasteiger partial charge in [0, 0.05) is 18.2 Å². The van der Waals surface area contributed by atoms with Crippen LogP contribution in [0.15, 0.2) is 36.4 Å². The number of hydrogen-bond acceptors (Lipinski definition) is 2. The first-order chi connectivity index (χ1) is 9.28. The monoisotopic (exact) mass is 257 g/mol.